The van der Waals surface area contributed by atoms with Gasteiger partial charge in [0, 0.05) is 37.4 Å². The van der Waals surface area contributed by atoms with Crippen molar-refractivity contribution in [3.63, 3.8) is 0 Å². The zero-order valence-corrected chi connectivity index (χ0v) is 11.4. The molecule has 0 saturated carbocycles. The van der Waals surface area contributed by atoms with Gasteiger partial charge in [0.1, 0.15) is 5.56 Å². The van der Waals surface area contributed by atoms with Gasteiger partial charge in [-0.15, -0.1) is 0 Å². The molecule has 1 N–H and O–H groups in total. The lowest BCUT2D eigenvalue weighted by Crippen LogP contribution is -2.50. The fourth-order valence-electron chi connectivity index (χ4n) is 2.55. The zero-order chi connectivity index (χ0) is 14.9. The lowest BCUT2D eigenvalue weighted by molar-refractivity contribution is -0.385. The quantitative estimate of drug-likeness (QED) is 0.665. The molecule has 0 bridgehead atoms. The smallest absolute Gasteiger partial charge is 0.342 e. The molecule has 1 fully saturated rings. The van der Waals surface area contributed by atoms with Crippen LogP contribution < -0.4 is 4.90 Å². The number of aromatic carboxylic acids is 1. The molecule has 1 aromatic carbocycles. The van der Waals surface area contributed by atoms with E-state index in [1.165, 1.54) is 12.1 Å². The highest BCUT2D eigenvalue weighted by Gasteiger charge is 2.26. The van der Waals surface area contributed by atoms with Gasteiger partial charge in [0.25, 0.3) is 5.69 Å². The van der Waals surface area contributed by atoms with E-state index in [2.05, 4.69) is 9.80 Å². The van der Waals surface area contributed by atoms with E-state index in [-0.39, 0.29) is 17.3 Å². The maximum atomic E-state index is 11.0. The maximum absolute atomic E-state index is 11.0. The lowest BCUT2D eigenvalue weighted by Gasteiger charge is -2.39. The molecule has 108 valence electrons. The van der Waals surface area contributed by atoms with Crippen LogP contribution >= 0.6 is 0 Å². The first-order valence-electron chi connectivity index (χ1n) is 6.37. The molecule has 1 atom stereocenters. The number of carboxylic acid groups (broad SMARTS) is 1. The number of hydrogen-bond donors (Lipinski definition) is 1. The minimum absolute atomic E-state index is 0.226. The average molecular weight is 279 g/mol. The van der Waals surface area contributed by atoms with Crippen LogP contribution in [0.1, 0.15) is 17.3 Å². The summed E-state index contributed by atoms with van der Waals surface area (Å²) in [6.07, 6.45) is 0. The topological polar surface area (TPSA) is 86.9 Å². The molecule has 1 aromatic rings. The summed E-state index contributed by atoms with van der Waals surface area (Å²) < 4.78 is 0. The van der Waals surface area contributed by atoms with Gasteiger partial charge in [-0.3, -0.25) is 10.1 Å². The number of carbonyl (C=O) groups is 1. The van der Waals surface area contributed by atoms with E-state index in [4.69, 9.17) is 5.11 Å². The van der Waals surface area contributed by atoms with E-state index < -0.39 is 10.9 Å². The Kier molecular flexibility index (Phi) is 3.89. The number of piperazine rings is 1. The second-order valence-corrected chi connectivity index (χ2v) is 5.07. The third-order valence-electron chi connectivity index (χ3n) is 3.57. The van der Waals surface area contributed by atoms with E-state index in [1.54, 1.807) is 6.07 Å². The molecule has 7 nitrogen and oxygen atoms in total. The molecular weight excluding hydrogens is 262 g/mol. The van der Waals surface area contributed by atoms with Gasteiger partial charge < -0.3 is 14.9 Å². The molecule has 1 unspecified atom stereocenters. The van der Waals surface area contributed by atoms with Crippen LogP contribution in [0.2, 0.25) is 0 Å². The molecule has 0 aliphatic carbocycles. The Balaban J connectivity index is 2.36. The third kappa shape index (κ3) is 2.72. The summed E-state index contributed by atoms with van der Waals surface area (Å²) in [5.41, 5.74) is 0.0592. The van der Waals surface area contributed by atoms with Gasteiger partial charge in [0.15, 0.2) is 0 Å². The van der Waals surface area contributed by atoms with Crippen LogP contribution in [0.15, 0.2) is 18.2 Å². The van der Waals surface area contributed by atoms with Gasteiger partial charge in [0.05, 0.1) is 4.92 Å². The second-order valence-electron chi connectivity index (χ2n) is 5.07. The molecule has 1 heterocycles. The van der Waals surface area contributed by atoms with Gasteiger partial charge in [-0.05, 0) is 26.1 Å². The Morgan fingerprint density at radius 2 is 2.15 bits per heavy atom. The number of likely N-dealkylation sites (N-methyl/N-ethyl adjacent to an activating group) is 1. The van der Waals surface area contributed by atoms with Crippen LogP contribution in [0, 0.1) is 10.1 Å². The fraction of sp³-hybridized carbons (Fsp3) is 0.462. The molecular formula is C13H17N3O4. The van der Waals surface area contributed by atoms with Crippen molar-refractivity contribution in [3.05, 3.63) is 33.9 Å². The summed E-state index contributed by atoms with van der Waals surface area (Å²) in [7, 11) is 2.03. The minimum Gasteiger partial charge on any atom is -0.477 e. The first-order valence-corrected chi connectivity index (χ1v) is 6.37. The summed E-state index contributed by atoms with van der Waals surface area (Å²) >= 11 is 0. The number of carboxylic acids is 1. The van der Waals surface area contributed by atoms with E-state index in [9.17, 15) is 14.9 Å². The zero-order valence-electron chi connectivity index (χ0n) is 11.4. The Labute approximate surface area is 116 Å². The standard InChI is InChI=1S/C13H17N3O4/c1-9-8-14(2)5-6-15(9)10-3-4-11(13(17)18)12(7-10)16(19)20/h3-4,7,9H,5-6,8H2,1-2H3,(H,17,18). The first kappa shape index (κ1) is 14.3. The number of anilines is 1. The summed E-state index contributed by atoms with van der Waals surface area (Å²) in [5.74, 6) is -1.28. The molecule has 1 aliphatic rings. The van der Waals surface area contributed by atoms with Crippen molar-refractivity contribution in [3.8, 4) is 0 Å². The van der Waals surface area contributed by atoms with Crippen molar-refractivity contribution in [2.75, 3.05) is 31.6 Å². The van der Waals surface area contributed by atoms with Gasteiger partial charge in [0.2, 0.25) is 0 Å². The highest BCUT2D eigenvalue weighted by atomic mass is 16.6. The van der Waals surface area contributed by atoms with Crippen molar-refractivity contribution in [1.29, 1.82) is 0 Å². The van der Waals surface area contributed by atoms with Crippen molar-refractivity contribution in [2.45, 2.75) is 13.0 Å². The Morgan fingerprint density at radius 3 is 2.70 bits per heavy atom. The van der Waals surface area contributed by atoms with Crippen LogP contribution in [0.25, 0.3) is 0 Å². The molecule has 1 saturated heterocycles. The molecule has 0 amide bonds. The summed E-state index contributed by atoms with van der Waals surface area (Å²) in [5, 5.41) is 20.0. The van der Waals surface area contributed by atoms with Gasteiger partial charge in [-0.2, -0.15) is 0 Å². The maximum Gasteiger partial charge on any atom is 0.342 e. The molecule has 0 aromatic heterocycles. The van der Waals surface area contributed by atoms with Gasteiger partial charge in [-0.25, -0.2) is 4.79 Å². The minimum atomic E-state index is -1.28. The first-order chi connectivity index (χ1) is 9.40. The largest absolute Gasteiger partial charge is 0.477 e. The average Bonchev–Trinajstić information content (AvgIpc) is 2.37. The Morgan fingerprint density at radius 1 is 1.45 bits per heavy atom. The number of nitrogens with zero attached hydrogens (tertiary/aromatic N) is 3. The normalized spacial score (nSPS) is 19.9. The Bertz CT molecular complexity index is 546. The highest BCUT2D eigenvalue weighted by molar-refractivity contribution is 5.93. The summed E-state index contributed by atoms with van der Waals surface area (Å²) in [6, 6.07) is 4.52. The molecule has 2 rings (SSSR count). The van der Waals surface area contributed by atoms with Crippen LogP contribution in [-0.2, 0) is 0 Å². The van der Waals surface area contributed by atoms with E-state index >= 15 is 0 Å². The predicted molar refractivity (Wildman–Crippen MR) is 74.4 cm³/mol. The molecule has 20 heavy (non-hydrogen) atoms. The molecule has 0 radical (unpaired) electrons. The number of hydrogen-bond acceptors (Lipinski definition) is 5. The SMILES string of the molecule is CC1CN(C)CCN1c1ccc(C(=O)O)c([N+](=O)[O-])c1. The fourth-order valence-corrected chi connectivity index (χ4v) is 2.55. The van der Waals surface area contributed by atoms with Crippen molar-refractivity contribution in [2.24, 2.45) is 0 Å². The van der Waals surface area contributed by atoms with Crippen molar-refractivity contribution < 1.29 is 14.8 Å². The van der Waals surface area contributed by atoms with E-state index in [0.29, 0.717) is 5.69 Å². The van der Waals surface area contributed by atoms with Crippen LogP contribution in [0.4, 0.5) is 11.4 Å². The predicted octanol–water partition coefficient (Wildman–Crippen LogP) is 1.43. The van der Waals surface area contributed by atoms with Crippen molar-refractivity contribution >= 4 is 17.3 Å². The summed E-state index contributed by atoms with van der Waals surface area (Å²) in [4.78, 5) is 25.6. The highest BCUT2D eigenvalue weighted by Crippen LogP contribution is 2.28. The molecule has 7 heteroatoms. The van der Waals surface area contributed by atoms with Crippen LogP contribution in [0.3, 0.4) is 0 Å². The Hall–Kier alpha value is -2.15. The molecule has 1 aliphatic heterocycles. The van der Waals surface area contributed by atoms with Crippen LogP contribution in [-0.4, -0.2) is 53.6 Å². The lowest BCUT2D eigenvalue weighted by atomic mass is 10.1. The molecule has 0 spiro atoms. The number of benzene rings is 1. The summed E-state index contributed by atoms with van der Waals surface area (Å²) in [6.45, 7) is 4.56. The van der Waals surface area contributed by atoms with Gasteiger partial charge >= 0.3 is 5.97 Å². The van der Waals surface area contributed by atoms with Crippen molar-refractivity contribution in [1.82, 2.24) is 4.90 Å². The second kappa shape index (κ2) is 5.46. The number of rotatable bonds is 3. The number of nitro benzene ring substituents is 1. The van der Waals surface area contributed by atoms with Crippen LogP contribution in [0.5, 0.6) is 0 Å². The third-order valence-corrected chi connectivity index (χ3v) is 3.57. The van der Waals surface area contributed by atoms with E-state index in [0.717, 1.165) is 19.6 Å². The van der Waals surface area contributed by atoms with Gasteiger partial charge in [-0.1, -0.05) is 0 Å². The number of nitro groups is 1. The van der Waals surface area contributed by atoms with E-state index in [1.807, 2.05) is 14.0 Å². The monoisotopic (exact) mass is 279 g/mol.